The van der Waals surface area contributed by atoms with Crippen LogP contribution in [0.25, 0.3) is 11.0 Å². The Bertz CT molecular complexity index is 1660. The van der Waals surface area contributed by atoms with Crippen molar-refractivity contribution in [3.8, 4) is 5.75 Å². The van der Waals surface area contributed by atoms with Gasteiger partial charge in [0.05, 0.1) is 18.0 Å². The molecule has 1 amide bonds. The number of aryl methyl sites for hydroxylation is 3. The van der Waals surface area contributed by atoms with Crippen molar-refractivity contribution in [2.75, 3.05) is 37.5 Å². The zero-order valence-corrected chi connectivity index (χ0v) is 25.5. The van der Waals surface area contributed by atoms with Gasteiger partial charge in [0.25, 0.3) is 0 Å². The minimum atomic E-state index is -4.93. The lowest BCUT2D eigenvalue weighted by Gasteiger charge is -2.40. The lowest BCUT2D eigenvalue weighted by molar-refractivity contribution is -0.189. The maximum absolute atomic E-state index is 13.4. The number of rotatable bonds is 9. The lowest BCUT2D eigenvalue weighted by Crippen LogP contribution is -2.48. The number of alkyl halides is 3. The van der Waals surface area contributed by atoms with Crippen LogP contribution in [0.15, 0.2) is 36.5 Å². The lowest BCUT2D eigenvalue weighted by atomic mass is 9.85. The first kappa shape index (κ1) is 31.0. The van der Waals surface area contributed by atoms with Gasteiger partial charge in [-0.3, -0.25) is 4.79 Å². The number of aromatic nitrogens is 4. The number of nitrogens with one attached hydrogen (secondary N) is 2. The number of fused-ring (bicyclic) bond motifs is 2. The molecule has 1 unspecified atom stereocenters. The standard InChI is InChI=1S/C31H36F3N7O3/c1-17(2)26-23-15-21(8-7-20(23)9-10-41(26)29(42)31(32,33)34)36-30-35-16-24-27(39-40(5)28(24)38-30)37-25-18(3)13-22(14-19(25)4)44-12-11-43-6/h7-8,13-17,26H,9-12H2,1-6H3,(H,37,39)(H,35,36,38). The summed E-state index contributed by atoms with van der Waals surface area (Å²) in [6.07, 6.45) is -2.91. The van der Waals surface area contributed by atoms with Gasteiger partial charge in [-0.2, -0.15) is 23.3 Å². The Kier molecular flexibility index (Phi) is 8.69. The van der Waals surface area contributed by atoms with Gasteiger partial charge in [0.1, 0.15) is 12.4 Å². The third-order valence-corrected chi connectivity index (χ3v) is 7.70. The molecule has 5 rings (SSSR count). The van der Waals surface area contributed by atoms with Crippen molar-refractivity contribution in [2.24, 2.45) is 13.0 Å². The molecule has 13 heteroatoms. The summed E-state index contributed by atoms with van der Waals surface area (Å²) in [5.74, 6) is -0.385. The smallest absolute Gasteiger partial charge is 0.471 e. The van der Waals surface area contributed by atoms with E-state index in [1.807, 2.05) is 52.0 Å². The summed E-state index contributed by atoms with van der Waals surface area (Å²) in [6, 6.07) is 8.71. The number of carbonyl (C=O) groups is 1. The first-order valence-electron chi connectivity index (χ1n) is 14.3. The molecular weight excluding hydrogens is 575 g/mol. The second-order valence-corrected chi connectivity index (χ2v) is 11.3. The number of hydrogen-bond donors (Lipinski definition) is 2. The number of halogens is 3. The van der Waals surface area contributed by atoms with Gasteiger partial charge >= 0.3 is 12.1 Å². The van der Waals surface area contributed by atoms with E-state index in [1.54, 1.807) is 31.1 Å². The monoisotopic (exact) mass is 611 g/mol. The zero-order chi connectivity index (χ0) is 31.8. The van der Waals surface area contributed by atoms with Crippen molar-refractivity contribution in [1.29, 1.82) is 0 Å². The molecule has 0 saturated heterocycles. The van der Waals surface area contributed by atoms with E-state index >= 15 is 0 Å². The normalized spacial score (nSPS) is 15.0. The Morgan fingerprint density at radius 3 is 2.50 bits per heavy atom. The van der Waals surface area contributed by atoms with Crippen molar-refractivity contribution >= 4 is 40.1 Å². The number of benzene rings is 2. The summed E-state index contributed by atoms with van der Waals surface area (Å²) < 4.78 is 52.6. The van der Waals surface area contributed by atoms with Gasteiger partial charge in [0.2, 0.25) is 5.95 Å². The fourth-order valence-electron chi connectivity index (χ4n) is 5.72. The fourth-order valence-corrected chi connectivity index (χ4v) is 5.72. The molecule has 10 nitrogen and oxygen atoms in total. The summed E-state index contributed by atoms with van der Waals surface area (Å²) in [7, 11) is 3.42. The van der Waals surface area contributed by atoms with Crippen molar-refractivity contribution in [1.82, 2.24) is 24.6 Å². The van der Waals surface area contributed by atoms with Crippen LogP contribution in [-0.2, 0) is 23.0 Å². The van der Waals surface area contributed by atoms with Crippen LogP contribution in [0, 0.1) is 19.8 Å². The van der Waals surface area contributed by atoms with Crippen LogP contribution < -0.4 is 15.4 Å². The summed E-state index contributed by atoms with van der Waals surface area (Å²) >= 11 is 0. The number of carbonyl (C=O) groups excluding carboxylic acids is 1. The number of hydrogen-bond acceptors (Lipinski definition) is 8. The van der Waals surface area contributed by atoms with E-state index in [1.165, 1.54) is 0 Å². The van der Waals surface area contributed by atoms with Gasteiger partial charge in [0.15, 0.2) is 11.5 Å². The van der Waals surface area contributed by atoms with Crippen LogP contribution in [0.1, 0.15) is 42.1 Å². The van der Waals surface area contributed by atoms with Gasteiger partial charge in [-0.1, -0.05) is 19.9 Å². The molecule has 0 aliphatic carbocycles. The van der Waals surface area contributed by atoms with E-state index < -0.39 is 18.1 Å². The van der Waals surface area contributed by atoms with E-state index in [0.717, 1.165) is 33.0 Å². The highest BCUT2D eigenvalue weighted by Gasteiger charge is 2.46. The highest BCUT2D eigenvalue weighted by Crippen LogP contribution is 2.39. The van der Waals surface area contributed by atoms with E-state index in [2.05, 4.69) is 25.7 Å². The Labute approximate surface area is 253 Å². The SMILES string of the molecule is COCCOc1cc(C)c(Nc2nn(C)c3nc(Nc4ccc5c(c4)C(C(C)C)N(C(=O)C(F)(F)F)CC5)ncc23)c(C)c1. The number of methoxy groups -OCH3 is 1. The van der Waals surface area contributed by atoms with Gasteiger partial charge in [-0.25, -0.2) is 9.67 Å². The molecule has 0 fully saturated rings. The summed E-state index contributed by atoms with van der Waals surface area (Å²) in [5, 5.41) is 11.9. The molecule has 4 aromatic rings. The van der Waals surface area contributed by atoms with Crippen LogP contribution in [0.5, 0.6) is 5.75 Å². The molecule has 3 heterocycles. The van der Waals surface area contributed by atoms with Gasteiger partial charge < -0.3 is 25.0 Å². The van der Waals surface area contributed by atoms with Crippen molar-refractivity contribution < 1.29 is 27.4 Å². The highest BCUT2D eigenvalue weighted by atomic mass is 19.4. The van der Waals surface area contributed by atoms with Crippen molar-refractivity contribution in [3.05, 3.63) is 58.8 Å². The third kappa shape index (κ3) is 6.28. The fraction of sp³-hybridized carbons (Fsp3) is 0.419. The molecular formula is C31H36F3N7O3. The Morgan fingerprint density at radius 1 is 1.11 bits per heavy atom. The quantitative estimate of drug-likeness (QED) is 0.218. The van der Waals surface area contributed by atoms with Crippen LogP contribution in [0.3, 0.4) is 0 Å². The molecule has 2 aromatic carbocycles. The molecule has 2 aromatic heterocycles. The Balaban J connectivity index is 1.39. The second kappa shape index (κ2) is 12.3. The third-order valence-electron chi connectivity index (χ3n) is 7.70. The Morgan fingerprint density at radius 2 is 1.84 bits per heavy atom. The van der Waals surface area contributed by atoms with Gasteiger partial charge in [0, 0.05) is 38.3 Å². The molecule has 234 valence electrons. The highest BCUT2D eigenvalue weighted by molar-refractivity contribution is 5.90. The molecule has 1 aliphatic heterocycles. The first-order chi connectivity index (χ1) is 20.9. The predicted octanol–water partition coefficient (Wildman–Crippen LogP) is 6.14. The first-order valence-corrected chi connectivity index (χ1v) is 14.3. The number of anilines is 4. The molecule has 0 bridgehead atoms. The predicted molar refractivity (Wildman–Crippen MR) is 162 cm³/mol. The molecule has 1 atom stereocenters. The zero-order valence-electron chi connectivity index (χ0n) is 25.5. The second-order valence-electron chi connectivity index (χ2n) is 11.3. The minimum Gasteiger partial charge on any atom is -0.491 e. The van der Waals surface area contributed by atoms with E-state index in [9.17, 15) is 18.0 Å². The topological polar surface area (TPSA) is 106 Å². The molecule has 44 heavy (non-hydrogen) atoms. The van der Waals surface area contributed by atoms with Gasteiger partial charge in [-0.05, 0) is 72.7 Å². The average molecular weight is 612 g/mol. The Hall–Kier alpha value is -4.39. The molecule has 2 N–H and O–H groups in total. The molecule has 1 aliphatic rings. The molecule has 0 saturated carbocycles. The minimum absolute atomic E-state index is 0.0168. The average Bonchev–Trinajstić information content (AvgIpc) is 3.27. The summed E-state index contributed by atoms with van der Waals surface area (Å²) in [5.41, 5.74) is 5.66. The number of amides is 1. The van der Waals surface area contributed by atoms with Crippen LogP contribution >= 0.6 is 0 Å². The summed E-state index contributed by atoms with van der Waals surface area (Å²) in [4.78, 5) is 22.3. The maximum Gasteiger partial charge on any atom is 0.471 e. The van der Waals surface area contributed by atoms with E-state index in [-0.39, 0.29) is 12.5 Å². The molecule has 0 radical (unpaired) electrons. The number of nitrogens with zero attached hydrogens (tertiary/aromatic N) is 5. The van der Waals surface area contributed by atoms with E-state index in [0.29, 0.717) is 53.7 Å². The van der Waals surface area contributed by atoms with Crippen LogP contribution in [0.4, 0.5) is 36.3 Å². The maximum atomic E-state index is 13.4. The molecule has 0 spiro atoms. The summed E-state index contributed by atoms with van der Waals surface area (Å²) in [6.45, 7) is 8.59. The van der Waals surface area contributed by atoms with Gasteiger partial charge in [-0.15, -0.1) is 0 Å². The largest absolute Gasteiger partial charge is 0.491 e. The van der Waals surface area contributed by atoms with Crippen LogP contribution in [0.2, 0.25) is 0 Å². The number of ether oxygens (including phenoxy) is 2. The van der Waals surface area contributed by atoms with Crippen molar-refractivity contribution in [3.63, 3.8) is 0 Å². The van der Waals surface area contributed by atoms with Crippen molar-refractivity contribution in [2.45, 2.75) is 46.3 Å². The van der Waals surface area contributed by atoms with E-state index in [4.69, 9.17) is 9.47 Å². The van der Waals surface area contributed by atoms with Crippen LogP contribution in [-0.4, -0.2) is 63.6 Å².